The number of anilines is 3. The highest BCUT2D eigenvalue weighted by atomic mass is 35.5. The van der Waals surface area contributed by atoms with Gasteiger partial charge >= 0.3 is 0 Å². The maximum absolute atomic E-state index is 12.7. The quantitative estimate of drug-likeness (QED) is 0.653. The fraction of sp³-hybridized carbons (Fsp3) is 0.538. The Balaban J connectivity index is 1.41. The van der Waals surface area contributed by atoms with E-state index in [1.807, 2.05) is 0 Å². The van der Waals surface area contributed by atoms with Gasteiger partial charge in [-0.05, 0) is 56.5 Å². The average molecular weight is 499 g/mol. The number of rotatable bonds is 5. The van der Waals surface area contributed by atoms with Gasteiger partial charge in [0.1, 0.15) is 16.4 Å². The highest BCUT2D eigenvalue weighted by Crippen LogP contribution is 2.42. The number of primary amides is 1. The molecule has 35 heavy (non-hydrogen) atoms. The third-order valence-corrected chi connectivity index (χ3v) is 8.27. The lowest BCUT2D eigenvalue weighted by atomic mass is 9.83. The van der Waals surface area contributed by atoms with Crippen molar-refractivity contribution < 1.29 is 9.53 Å². The molecule has 0 radical (unpaired) electrons. The van der Waals surface area contributed by atoms with Crippen molar-refractivity contribution in [2.24, 2.45) is 5.73 Å². The molecule has 5 rings (SSSR count). The lowest BCUT2D eigenvalue weighted by Crippen LogP contribution is -2.63. The Morgan fingerprint density at radius 2 is 1.60 bits per heavy atom. The van der Waals surface area contributed by atoms with Gasteiger partial charge < -0.3 is 26.0 Å². The van der Waals surface area contributed by atoms with E-state index < -0.39 is 5.54 Å². The Labute approximate surface area is 212 Å². The predicted molar refractivity (Wildman–Crippen MR) is 141 cm³/mol. The topological polar surface area (TPSA) is 101 Å². The molecule has 3 saturated heterocycles. The number of hydrogen-bond donors (Lipinski definition) is 2. The number of likely N-dealkylation sites (tertiary alicyclic amines) is 1. The molecule has 3 fully saturated rings. The minimum Gasteiger partial charge on any atom is -0.382 e. The molecule has 0 spiro atoms. The maximum atomic E-state index is 12.7. The number of carbonyl (C=O) groups is 1. The lowest BCUT2D eigenvalue weighted by Gasteiger charge is -2.48. The van der Waals surface area contributed by atoms with E-state index in [9.17, 15) is 4.79 Å². The summed E-state index contributed by atoms with van der Waals surface area (Å²) in [6.07, 6.45) is 6.62. The molecule has 0 saturated carbocycles. The predicted octanol–water partition coefficient (Wildman–Crippen LogP) is 3.13. The first kappa shape index (κ1) is 24.2. The second-order valence-corrected chi connectivity index (χ2v) is 10.2. The van der Waals surface area contributed by atoms with Crippen LogP contribution in [-0.4, -0.2) is 73.8 Å². The van der Waals surface area contributed by atoms with E-state index in [1.165, 1.54) is 12.1 Å². The first-order valence-electron chi connectivity index (χ1n) is 12.7. The zero-order valence-corrected chi connectivity index (χ0v) is 21.0. The molecule has 1 amide bonds. The summed E-state index contributed by atoms with van der Waals surface area (Å²) in [5, 5.41) is 0.462. The summed E-state index contributed by atoms with van der Waals surface area (Å²) < 4.78 is 5.48. The molecule has 0 atom stereocenters. The van der Waals surface area contributed by atoms with Crippen LogP contribution in [0.25, 0.3) is 11.1 Å². The first-order chi connectivity index (χ1) is 17.0. The van der Waals surface area contributed by atoms with Gasteiger partial charge in [0.25, 0.3) is 0 Å². The third-order valence-electron chi connectivity index (χ3n) is 7.90. The number of aromatic nitrogens is 1. The highest BCUT2D eigenvalue weighted by molar-refractivity contribution is 6.36. The second kappa shape index (κ2) is 10.2. The van der Waals surface area contributed by atoms with Crippen molar-refractivity contribution >= 4 is 34.7 Å². The summed E-state index contributed by atoms with van der Waals surface area (Å²) in [7, 11) is 0. The second-order valence-electron chi connectivity index (χ2n) is 9.80. The van der Waals surface area contributed by atoms with Crippen molar-refractivity contribution in [1.29, 1.82) is 0 Å². The van der Waals surface area contributed by atoms with Gasteiger partial charge in [-0.1, -0.05) is 30.2 Å². The molecule has 3 aliphatic rings. The van der Waals surface area contributed by atoms with E-state index in [0.717, 1.165) is 69.0 Å². The van der Waals surface area contributed by atoms with E-state index in [4.69, 9.17) is 27.8 Å². The standard InChI is InChI=1S/C26H35ClN6O2/c27-22-23(32-12-8-26(9-13-32,25(29)34)33-10-2-1-3-11-33)21(18-30-24(22)28)19-4-6-20(7-5-19)31-14-16-35-17-15-31/h4-7,18H,1-3,8-17H2,(H2,28,30)(H2,29,34). The van der Waals surface area contributed by atoms with Crippen LogP contribution < -0.4 is 21.3 Å². The normalized spacial score (nSPS) is 21.2. The Hall–Kier alpha value is -2.55. The summed E-state index contributed by atoms with van der Waals surface area (Å²) in [5.41, 5.74) is 15.6. The van der Waals surface area contributed by atoms with Crippen molar-refractivity contribution in [1.82, 2.24) is 9.88 Å². The Morgan fingerprint density at radius 1 is 0.943 bits per heavy atom. The molecule has 4 heterocycles. The van der Waals surface area contributed by atoms with E-state index in [-0.39, 0.29) is 5.91 Å². The smallest absolute Gasteiger partial charge is 0.238 e. The molecule has 0 aliphatic carbocycles. The lowest BCUT2D eigenvalue weighted by molar-refractivity contribution is -0.132. The van der Waals surface area contributed by atoms with Gasteiger partial charge in [0, 0.05) is 43.6 Å². The number of morpholine rings is 1. The maximum Gasteiger partial charge on any atom is 0.238 e. The number of ether oxygens (including phenoxy) is 1. The largest absolute Gasteiger partial charge is 0.382 e. The number of amides is 1. The molecule has 2 aromatic rings. The molecule has 188 valence electrons. The molecular weight excluding hydrogens is 464 g/mol. The summed E-state index contributed by atoms with van der Waals surface area (Å²) in [4.78, 5) is 23.9. The monoisotopic (exact) mass is 498 g/mol. The number of piperidine rings is 2. The van der Waals surface area contributed by atoms with Crippen molar-refractivity contribution in [2.75, 3.05) is 68.0 Å². The number of nitrogen functional groups attached to an aromatic ring is 1. The van der Waals surface area contributed by atoms with Crippen LogP contribution in [-0.2, 0) is 9.53 Å². The molecule has 8 nitrogen and oxygen atoms in total. The fourth-order valence-corrected chi connectivity index (χ4v) is 6.10. The summed E-state index contributed by atoms with van der Waals surface area (Å²) >= 11 is 6.76. The van der Waals surface area contributed by atoms with Crippen LogP contribution in [0.1, 0.15) is 32.1 Å². The molecule has 4 N–H and O–H groups in total. The number of benzene rings is 1. The van der Waals surface area contributed by atoms with Crippen LogP contribution in [0.3, 0.4) is 0 Å². The molecule has 3 aliphatic heterocycles. The summed E-state index contributed by atoms with van der Waals surface area (Å²) in [6.45, 7) is 6.53. The van der Waals surface area contributed by atoms with Crippen molar-refractivity contribution in [2.45, 2.75) is 37.6 Å². The number of pyridine rings is 1. The zero-order valence-electron chi connectivity index (χ0n) is 20.2. The van der Waals surface area contributed by atoms with Crippen LogP contribution in [0.2, 0.25) is 5.02 Å². The number of nitrogens with zero attached hydrogens (tertiary/aromatic N) is 4. The average Bonchev–Trinajstić information content (AvgIpc) is 2.91. The van der Waals surface area contributed by atoms with Gasteiger partial charge in [-0.15, -0.1) is 0 Å². The van der Waals surface area contributed by atoms with Gasteiger partial charge in [-0.25, -0.2) is 4.98 Å². The van der Waals surface area contributed by atoms with Crippen LogP contribution in [0.15, 0.2) is 30.5 Å². The van der Waals surface area contributed by atoms with Crippen molar-refractivity contribution in [3.05, 3.63) is 35.5 Å². The van der Waals surface area contributed by atoms with E-state index in [0.29, 0.717) is 36.8 Å². The van der Waals surface area contributed by atoms with E-state index >= 15 is 0 Å². The molecule has 9 heteroatoms. The Morgan fingerprint density at radius 3 is 2.23 bits per heavy atom. The molecule has 1 aromatic carbocycles. The summed E-state index contributed by atoms with van der Waals surface area (Å²) in [5.74, 6) is 0.108. The van der Waals surface area contributed by atoms with E-state index in [2.05, 4.69) is 43.9 Å². The van der Waals surface area contributed by atoms with Crippen LogP contribution in [0.5, 0.6) is 0 Å². The van der Waals surface area contributed by atoms with Gasteiger partial charge in [-0.3, -0.25) is 9.69 Å². The first-order valence-corrected chi connectivity index (χ1v) is 13.0. The van der Waals surface area contributed by atoms with Crippen LogP contribution in [0.4, 0.5) is 17.2 Å². The molecular formula is C26H35ClN6O2. The minimum absolute atomic E-state index is 0.210. The third kappa shape index (κ3) is 4.67. The van der Waals surface area contributed by atoms with Gasteiger partial charge in [0.15, 0.2) is 0 Å². The molecule has 0 bridgehead atoms. The minimum atomic E-state index is -0.581. The van der Waals surface area contributed by atoms with Crippen molar-refractivity contribution in [3.63, 3.8) is 0 Å². The number of carbonyl (C=O) groups excluding carboxylic acids is 1. The molecule has 1 aromatic heterocycles. The Bertz CT molecular complexity index is 1040. The fourth-order valence-electron chi connectivity index (χ4n) is 5.83. The van der Waals surface area contributed by atoms with E-state index in [1.54, 1.807) is 6.20 Å². The van der Waals surface area contributed by atoms with Gasteiger partial charge in [0.05, 0.1) is 18.9 Å². The van der Waals surface area contributed by atoms with Gasteiger partial charge in [-0.2, -0.15) is 0 Å². The zero-order chi connectivity index (χ0) is 24.4. The number of halogens is 1. The Kier molecular flexibility index (Phi) is 7.05. The summed E-state index contributed by atoms with van der Waals surface area (Å²) in [6, 6.07) is 8.51. The van der Waals surface area contributed by atoms with Gasteiger partial charge in [0.2, 0.25) is 5.91 Å². The van der Waals surface area contributed by atoms with Crippen LogP contribution >= 0.6 is 11.6 Å². The molecule has 0 unspecified atom stereocenters. The highest BCUT2D eigenvalue weighted by Gasteiger charge is 2.45. The number of nitrogens with two attached hydrogens (primary N) is 2. The van der Waals surface area contributed by atoms with Crippen molar-refractivity contribution in [3.8, 4) is 11.1 Å². The number of hydrogen-bond acceptors (Lipinski definition) is 7. The SMILES string of the molecule is NC(=O)C1(N2CCCCC2)CCN(c2c(-c3ccc(N4CCOCC4)cc3)cnc(N)c2Cl)CC1. The van der Waals surface area contributed by atoms with Crippen LogP contribution in [0, 0.1) is 0 Å².